The highest BCUT2D eigenvalue weighted by Gasteiger charge is 2.16. The number of rotatable bonds is 6. The van der Waals surface area contributed by atoms with Crippen LogP contribution in [0.25, 0.3) is 11.3 Å². The molecule has 1 aromatic carbocycles. The van der Waals surface area contributed by atoms with Crippen LogP contribution >= 0.6 is 0 Å². The standard InChI is InChI=1S/C17H22N4O3/c1-4-11(5-2)16(22)20-21-17(23)15-10-14(18-19-15)12-6-8-13(24-3)9-7-12/h6-11H,4-5H2,1-3H3,(H,18,19)(H,20,22)(H,21,23). The summed E-state index contributed by atoms with van der Waals surface area (Å²) >= 11 is 0. The van der Waals surface area contributed by atoms with Crippen molar-refractivity contribution in [2.75, 3.05) is 7.11 Å². The van der Waals surface area contributed by atoms with E-state index >= 15 is 0 Å². The third-order valence-corrected chi connectivity index (χ3v) is 3.86. The summed E-state index contributed by atoms with van der Waals surface area (Å²) in [6.45, 7) is 3.87. The van der Waals surface area contributed by atoms with Crippen molar-refractivity contribution in [2.24, 2.45) is 5.92 Å². The molecule has 3 N–H and O–H groups in total. The molecule has 0 bridgehead atoms. The van der Waals surface area contributed by atoms with E-state index in [9.17, 15) is 9.59 Å². The molecule has 7 heteroatoms. The van der Waals surface area contributed by atoms with Gasteiger partial charge in [0.25, 0.3) is 5.91 Å². The Morgan fingerprint density at radius 3 is 2.42 bits per heavy atom. The van der Waals surface area contributed by atoms with Crippen molar-refractivity contribution in [3.63, 3.8) is 0 Å². The average Bonchev–Trinajstić information content (AvgIpc) is 3.11. The van der Waals surface area contributed by atoms with Crippen LogP contribution in [0.15, 0.2) is 30.3 Å². The number of nitrogens with zero attached hydrogens (tertiary/aromatic N) is 1. The number of aromatic amines is 1. The molecule has 0 aliphatic rings. The topological polar surface area (TPSA) is 96.1 Å². The van der Waals surface area contributed by atoms with E-state index in [2.05, 4.69) is 21.0 Å². The number of carbonyl (C=O) groups is 2. The lowest BCUT2D eigenvalue weighted by Gasteiger charge is -2.12. The molecule has 7 nitrogen and oxygen atoms in total. The lowest BCUT2D eigenvalue weighted by Crippen LogP contribution is -2.44. The normalized spacial score (nSPS) is 10.5. The second-order valence-electron chi connectivity index (χ2n) is 5.35. The summed E-state index contributed by atoms with van der Waals surface area (Å²) in [5.74, 6) is 0.00288. The summed E-state index contributed by atoms with van der Waals surface area (Å²) in [5, 5.41) is 6.79. The number of ether oxygens (including phenoxy) is 1. The highest BCUT2D eigenvalue weighted by atomic mass is 16.5. The quantitative estimate of drug-likeness (QED) is 0.708. The molecule has 0 aliphatic carbocycles. The van der Waals surface area contributed by atoms with E-state index in [0.717, 1.165) is 24.2 Å². The van der Waals surface area contributed by atoms with Gasteiger partial charge in [-0.05, 0) is 43.2 Å². The van der Waals surface area contributed by atoms with E-state index in [-0.39, 0.29) is 17.5 Å². The lowest BCUT2D eigenvalue weighted by atomic mass is 10.0. The number of hydrogen-bond donors (Lipinski definition) is 3. The van der Waals surface area contributed by atoms with Gasteiger partial charge in [-0.25, -0.2) is 0 Å². The van der Waals surface area contributed by atoms with Gasteiger partial charge >= 0.3 is 0 Å². The number of nitrogens with one attached hydrogen (secondary N) is 3. The van der Waals surface area contributed by atoms with Gasteiger partial charge in [0.1, 0.15) is 11.4 Å². The number of benzene rings is 1. The maximum absolute atomic E-state index is 12.1. The molecule has 0 saturated heterocycles. The molecule has 2 amide bonds. The van der Waals surface area contributed by atoms with E-state index < -0.39 is 5.91 Å². The highest BCUT2D eigenvalue weighted by Crippen LogP contribution is 2.21. The van der Waals surface area contributed by atoms with Crippen LogP contribution in [0, 0.1) is 5.92 Å². The molecule has 2 aromatic rings. The fraction of sp³-hybridized carbons (Fsp3) is 0.353. The number of hydrogen-bond acceptors (Lipinski definition) is 4. The first-order valence-corrected chi connectivity index (χ1v) is 7.89. The summed E-state index contributed by atoms with van der Waals surface area (Å²) < 4.78 is 5.11. The van der Waals surface area contributed by atoms with Crippen LogP contribution in [0.2, 0.25) is 0 Å². The van der Waals surface area contributed by atoms with Gasteiger partial charge in [0.15, 0.2) is 0 Å². The number of methoxy groups -OCH3 is 1. The van der Waals surface area contributed by atoms with Gasteiger partial charge in [-0.2, -0.15) is 5.10 Å². The first-order valence-electron chi connectivity index (χ1n) is 7.89. The van der Waals surface area contributed by atoms with Crippen LogP contribution in [-0.2, 0) is 4.79 Å². The zero-order chi connectivity index (χ0) is 17.5. The monoisotopic (exact) mass is 330 g/mol. The third kappa shape index (κ3) is 4.13. The van der Waals surface area contributed by atoms with Gasteiger partial charge in [0.2, 0.25) is 5.91 Å². The van der Waals surface area contributed by atoms with E-state index in [1.807, 2.05) is 38.1 Å². The van der Waals surface area contributed by atoms with E-state index in [1.165, 1.54) is 0 Å². The van der Waals surface area contributed by atoms with Gasteiger partial charge < -0.3 is 4.74 Å². The van der Waals surface area contributed by atoms with Crippen LogP contribution < -0.4 is 15.6 Å². The predicted octanol–water partition coefficient (Wildman–Crippen LogP) is 2.28. The first-order chi connectivity index (χ1) is 11.6. The molecule has 0 aliphatic heterocycles. The average molecular weight is 330 g/mol. The fourth-order valence-electron chi connectivity index (χ4n) is 2.29. The molecule has 2 rings (SSSR count). The Hall–Kier alpha value is -2.83. The maximum atomic E-state index is 12.1. The van der Waals surface area contributed by atoms with Crippen LogP contribution in [0.5, 0.6) is 5.75 Å². The zero-order valence-corrected chi connectivity index (χ0v) is 14.1. The molecule has 0 atom stereocenters. The fourth-order valence-corrected chi connectivity index (χ4v) is 2.29. The summed E-state index contributed by atoms with van der Waals surface area (Å²) in [4.78, 5) is 23.9. The third-order valence-electron chi connectivity index (χ3n) is 3.86. The zero-order valence-electron chi connectivity index (χ0n) is 14.1. The molecule has 1 heterocycles. The Morgan fingerprint density at radius 2 is 1.83 bits per heavy atom. The van der Waals surface area contributed by atoms with Crippen molar-refractivity contribution in [1.29, 1.82) is 0 Å². The van der Waals surface area contributed by atoms with Crippen molar-refractivity contribution in [2.45, 2.75) is 26.7 Å². The molecule has 128 valence electrons. The minimum atomic E-state index is -0.443. The Kier molecular flexibility index (Phi) is 5.95. The Labute approximate surface area is 140 Å². The Bertz CT molecular complexity index is 690. The summed E-state index contributed by atoms with van der Waals surface area (Å²) in [7, 11) is 1.60. The second-order valence-corrected chi connectivity index (χ2v) is 5.35. The minimum absolute atomic E-state index is 0.109. The molecule has 24 heavy (non-hydrogen) atoms. The smallest absolute Gasteiger partial charge is 0.287 e. The van der Waals surface area contributed by atoms with Crippen LogP contribution in [0.1, 0.15) is 37.2 Å². The van der Waals surface area contributed by atoms with E-state index in [0.29, 0.717) is 5.69 Å². The maximum Gasteiger partial charge on any atom is 0.287 e. The van der Waals surface area contributed by atoms with Gasteiger partial charge in [-0.15, -0.1) is 0 Å². The van der Waals surface area contributed by atoms with Crippen molar-refractivity contribution in [3.05, 3.63) is 36.0 Å². The van der Waals surface area contributed by atoms with Crippen molar-refractivity contribution in [3.8, 4) is 17.0 Å². The van der Waals surface area contributed by atoms with Gasteiger partial charge in [0, 0.05) is 11.5 Å². The van der Waals surface area contributed by atoms with Gasteiger partial charge in [0.05, 0.1) is 12.8 Å². The first kappa shape index (κ1) is 17.5. The van der Waals surface area contributed by atoms with E-state index in [4.69, 9.17) is 4.74 Å². The Morgan fingerprint density at radius 1 is 1.17 bits per heavy atom. The van der Waals surface area contributed by atoms with Gasteiger partial charge in [-0.1, -0.05) is 13.8 Å². The number of hydrazine groups is 1. The largest absolute Gasteiger partial charge is 0.497 e. The molecule has 0 spiro atoms. The van der Waals surface area contributed by atoms with Crippen molar-refractivity contribution in [1.82, 2.24) is 21.0 Å². The van der Waals surface area contributed by atoms with Crippen LogP contribution in [0.3, 0.4) is 0 Å². The predicted molar refractivity (Wildman–Crippen MR) is 90.3 cm³/mol. The summed E-state index contributed by atoms with van der Waals surface area (Å²) in [5.41, 5.74) is 6.60. The van der Waals surface area contributed by atoms with Crippen molar-refractivity contribution < 1.29 is 14.3 Å². The summed E-state index contributed by atoms with van der Waals surface area (Å²) in [6, 6.07) is 8.97. The van der Waals surface area contributed by atoms with Crippen LogP contribution in [-0.4, -0.2) is 29.1 Å². The number of aromatic nitrogens is 2. The molecule has 1 aromatic heterocycles. The van der Waals surface area contributed by atoms with Crippen molar-refractivity contribution >= 4 is 11.8 Å². The number of carbonyl (C=O) groups excluding carboxylic acids is 2. The number of amides is 2. The molecule has 0 unspecified atom stereocenters. The highest BCUT2D eigenvalue weighted by molar-refractivity contribution is 5.94. The lowest BCUT2D eigenvalue weighted by molar-refractivity contribution is -0.126. The molecular weight excluding hydrogens is 308 g/mol. The molecular formula is C17H22N4O3. The molecule has 0 radical (unpaired) electrons. The Balaban J connectivity index is 1.99. The SMILES string of the molecule is CCC(CC)C(=O)NNC(=O)c1cc(-c2ccc(OC)cc2)n[nH]1. The molecule has 0 fully saturated rings. The van der Waals surface area contributed by atoms with E-state index in [1.54, 1.807) is 13.2 Å². The summed E-state index contributed by atoms with van der Waals surface area (Å²) in [6.07, 6.45) is 1.45. The number of H-pyrrole nitrogens is 1. The minimum Gasteiger partial charge on any atom is -0.497 e. The van der Waals surface area contributed by atoms with Gasteiger partial charge in [-0.3, -0.25) is 25.5 Å². The van der Waals surface area contributed by atoms with Crippen LogP contribution in [0.4, 0.5) is 0 Å². The second kappa shape index (κ2) is 8.14. The molecule has 0 saturated carbocycles.